The van der Waals surface area contributed by atoms with E-state index in [4.69, 9.17) is 4.74 Å². The van der Waals surface area contributed by atoms with Gasteiger partial charge in [-0.2, -0.15) is 0 Å². The third kappa shape index (κ3) is 4.57. The number of hydrogen-bond acceptors (Lipinski definition) is 6. The summed E-state index contributed by atoms with van der Waals surface area (Å²) in [5, 5.41) is 9.24. The Kier molecular flexibility index (Phi) is 5.68. The van der Waals surface area contributed by atoms with Crippen molar-refractivity contribution in [3.05, 3.63) is 34.9 Å². The minimum absolute atomic E-state index is 0.0151. The summed E-state index contributed by atoms with van der Waals surface area (Å²) in [5.41, 5.74) is 2.07. The maximum absolute atomic E-state index is 11.9. The predicted octanol–water partition coefficient (Wildman–Crippen LogP) is 1.24. The smallest absolute Gasteiger partial charge is 0.239 e. The lowest BCUT2D eigenvalue weighted by Crippen LogP contribution is -2.51. The van der Waals surface area contributed by atoms with Gasteiger partial charge in [0, 0.05) is 42.8 Å². The molecule has 0 saturated carbocycles. The van der Waals surface area contributed by atoms with E-state index in [1.807, 2.05) is 12.1 Å². The third-order valence-electron chi connectivity index (χ3n) is 3.63. The second-order valence-electron chi connectivity index (χ2n) is 5.34. The molecule has 1 amide bonds. The number of aryl methyl sites for hydroxylation is 1. The van der Waals surface area contributed by atoms with E-state index in [-0.39, 0.29) is 11.9 Å². The van der Waals surface area contributed by atoms with Crippen LogP contribution in [0.1, 0.15) is 11.4 Å². The fraction of sp³-hybridized carbons (Fsp3) is 0.438. The van der Waals surface area contributed by atoms with Crippen LogP contribution in [-0.2, 0) is 16.0 Å². The number of rotatable bonds is 6. The second-order valence-corrected chi connectivity index (χ2v) is 6.28. The van der Waals surface area contributed by atoms with Crippen molar-refractivity contribution in [3.8, 4) is 11.3 Å². The summed E-state index contributed by atoms with van der Waals surface area (Å²) in [7, 11) is 0. The summed E-state index contributed by atoms with van der Waals surface area (Å²) < 4.78 is 5.29. The van der Waals surface area contributed by atoms with Crippen LogP contribution in [0.15, 0.2) is 29.9 Å². The zero-order chi connectivity index (χ0) is 15.9. The minimum Gasteiger partial charge on any atom is -0.378 e. The lowest BCUT2D eigenvalue weighted by molar-refractivity contribution is -0.125. The number of amides is 1. The van der Waals surface area contributed by atoms with Gasteiger partial charge in [0.05, 0.1) is 23.9 Å². The van der Waals surface area contributed by atoms with Crippen molar-refractivity contribution in [2.45, 2.75) is 18.9 Å². The molecule has 1 aliphatic rings. The van der Waals surface area contributed by atoms with Crippen LogP contribution in [0, 0.1) is 0 Å². The van der Waals surface area contributed by atoms with Crippen LogP contribution in [0.5, 0.6) is 0 Å². The second kappa shape index (κ2) is 8.14. The average molecular weight is 332 g/mol. The molecular formula is C16H20N4O2S. The lowest BCUT2D eigenvalue weighted by Gasteiger charge is -2.22. The number of carbonyl (C=O) groups excluding carboxylic acids is 1. The summed E-state index contributed by atoms with van der Waals surface area (Å²) in [6.45, 7) is 2.51. The van der Waals surface area contributed by atoms with E-state index in [0.29, 0.717) is 19.8 Å². The molecule has 1 unspecified atom stereocenters. The van der Waals surface area contributed by atoms with Gasteiger partial charge in [0.25, 0.3) is 0 Å². The van der Waals surface area contributed by atoms with Gasteiger partial charge in [-0.3, -0.25) is 9.78 Å². The molecule has 3 heterocycles. The molecule has 122 valence electrons. The summed E-state index contributed by atoms with van der Waals surface area (Å²) in [4.78, 5) is 20.6. The first kappa shape index (κ1) is 16.0. The minimum atomic E-state index is -0.220. The Hall–Kier alpha value is -1.83. The zero-order valence-electron chi connectivity index (χ0n) is 12.8. The van der Waals surface area contributed by atoms with E-state index >= 15 is 0 Å². The number of hydrogen-bond donors (Lipinski definition) is 2. The number of thiazole rings is 1. The summed E-state index contributed by atoms with van der Waals surface area (Å²) >= 11 is 1.65. The molecule has 7 heteroatoms. The van der Waals surface area contributed by atoms with Gasteiger partial charge in [0.2, 0.25) is 5.91 Å². The maximum atomic E-state index is 11.9. The molecule has 6 nitrogen and oxygen atoms in total. The van der Waals surface area contributed by atoms with Crippen LogP contribution in [-0.4, -0.2) is 48.2 Å². The monoisotopic (exact) mass is 332 g/mol. The van der Waals surface area contributed by atoms with Gasteiger partial charge < -0.3 is 15.4 Å². The van der Waals surface area contributed by atoms with Crippen LogP contribution in [0.2, 0.25) is 0 Å². The van der Waals surface area contributed by atoms with Crippen molar-refractivity contribution >= 4 is 17.2 Å². The van der Waals surface area contributed by atoms with Crippen molar-refractivity contribution in [2.75, 3.05) is 26.3 Å². The number of morpholine rings is 1. The summed E-state index contributed by atoms with van der Waals surface area (Å²) in [5.74, 6) is 0.0151. The maximum Gasteiger partial charge on any atom is 0.239 e. The molecule has 1 fully saturated rings. The zero-order valence-corrected chi connectivity index (χ0v) is 13.6. The van der Waals surface area contributed by atoms with Gasteiger partial charge in [0.1, 0.15) is 6.04 Å². The first-order chi connectivity index (χ1) is 11.3. The number of nitrogens with one attached hydrogen (secondary N) is 2. The predicted molar refractivity (Wildman–Crippen MR) is 89.3 cm³/mol. The number of carbonyl (C=O) groups is 1. The van der Waals surface area contributed by atoms with Gasteiger partial charge in [-0.25, -0.2) is 4.98 Å². The summed E-state index contributed by atoms with van der Waals surface area (Å²) in [6, 6.07) is 3.69. The Labute approximate surface area is 139 Å². The Balaban J connectivity index is 1.41. The van der Waals surface area contributed by atoms with E-state index in [1.54, 1.807) is 23.7 Å². The van der Waals surface area contributed by atoms with Crippen molar-refractivity contribution < 1.29 is 9.53 Å². The first-order valence-corrected chi connectivity index (χ1v) is 8.64. The Morgan fingerprint density at radius 3 is 3.09 bits per heavy atom. The van der Waals surface area contributed by atoms with E-state index in [9.17, 15) is 4.79 Å². The first-order valence-electron chi connectivity index (χ1n) is 7.76. The van der Waals surface area contributed by atoms with E-state index in [2.05, 4.69) is 26.0 Å². The molecular weight excluding hydrogens is 312 g/mol. The van der Waals surface area contributed by atoms with Crippen LogP contribution >= 0.6 is 11.3 Å². The molecule has 1 aliphatic heterocycles. The van der Waals surface area contributed by atoms with Crippen molar-refractivity contribution in [1.82, 2.24) is 20.6 Å². The summed E-state index contributed by atoms with van der Waals surface area (Å²) in [6.07, 6.45) is 5.28. The van der Waals surface area contributed by atoms with Crippen molar-refractivity contribution in [1.29, 1.82) is 0 Å². The Morgan fingerprint density at radius 1 is 1.43 bits per heavy atom. The standard InChI is InChI=1S/C16H20N4O2S/c21-16(13-10-22-9-8-18-13)19-5-1-2-15-20-14(11-23-15)12-3-6-17-7-4-12/h3-4,6-7,11,13,18H,1-2,5,8-10H2,(H,19,21). The van der Waals surface area contributed by atoms with Gasteiger partial charge in [0.15, 0.2) is 0 Å². The van der Waals surface area contributed by atoms with Crippen molar-refractivity contribution in [3.63, 3.8) is 0 Å². The molecule has 2 aromatic heterocycles. The van der Waals surface area contributed by atoms with Crippen molar-refractivity contribution in [2.24, 2.45) is 0 Å². The third-order valence-corrected chi connectivity index (χ3v) is 4.54. The van der Waals surface area contributed by atoms with Gasteiger partial charge >= 0.3 is 0 Å². The SMILES string of the molecule is O=C(NCCCc1nc(-c2ccncc2)cs1)C1COCCN1. The van der Waals surface area contributed by atoms with E-state index < -0.39 is 0 Å². The Morgan fingerprint density at radius 2 is 2.30 bits per heavy atom. The van der Waals surface area contributed by atoms with Crippen LogP contribution < -0.4 is 10.6 Å². The van der Waals surface area contributed by atoms with Crippen LogP contribution in [0.4, 0.5) is 0 Å². The molecule has 2 aromatic rings. The lowest BCUT2D eigenvalue weighted by atomic mass is 10.2. The van der Waals surface area contributed by atoms with Gasteiger partial charge in [-0.1, -0.05) is 0 Å². The molecule has 0 radical (unpaired) electrons. The number of aromatic nitrogens is 2. The average Bonchev–Trinajstić information content (AvgIpc) is 3.09. The molecule has 0 spiro atoms. The number of nitrogens with zero attached hydrogens (tertiary/aromatic N) is 2. The molecule has 0 aromatic carbocycles. The fourth-order valence-electron chi connectivity index (χ4n) is 2.39. The highest BCUT2D eigenvalue weighted by molar-refractivity contribution is 7.09. The van der Waals surface area contributed by atoms with Gasteiger partial charge in [-0.05, 0) is 18.6 Å². The molecule has 3 rings (SSSR count). The fourth-order valence-corrected chi connectivity index (χ4v) is 3.24. The molecule has 0 bridgehead atoms. The topological polar surface area (TPSA) is 76.1 Å². The van der Waals surface area contributed by atoms with E-state index in [0.717, 1.165) is 35.7 Å². The molecule has 2 N–H and O–H groups in total. The number of ether oxygens (including phenoxy) is 1. The van der Waals surface area contributed by atoms with Crippen LogP contribution in [0.25, 0.3) is 11.3 Å². The number of pyridine rings is 1. The highest BCUT2D eigenvalue weighted by atomic mass is 32.1. The normalized spacial score (nSPS) is 17.8. The molecule has 1 atom stereocenters. The van der Waals surface area contributed by atoms with E-state index in [1.165, 1.54) is 0 Å². The quantitative estimate of drug-likeness (QED) is 0.779. The van der Waals surface area contributed by atoms with Gasteiger partial charge in [-0.15, -0.1) is 11.3 Å². The molecule has 0 aliphatic carbocycles. The molecule has 23 heavy (non-hydrogen) atoms. The van der Waals surface area contributed by atoms with Crippen LogP contribution in [0.3, 0.4) is 0 Å². The Bertz CT molecular complexity index is 626. The largest absolute Gasteiger partial charge is 0.378 e. The molecule has 1 saturated heterocycles. The highest BCUT2D eigenvalue weighted by Crippen LogP contribution is 2.21. The highest BCUT2D eigenvalue weighted by Gasteiger charge is 2.20.